The number of nitrogens with zero attached hydrogens (tertiary/aromatic N) is 2. The molecule has 112 valence electrons. The summed E-state index contributed by atoms with van der Waals surface area (Å²) in [6.07, 6.45) is 0. The van der Waals surface area contributed by atoms with E-state index in [1.165, 1.54) is 5.56 Å². The van der Waals surface area contributed by atoms with E-state index in [9.17, 15) is 4.79 Å². The number of aryl methyl sites for hydroxylation is 1. The van der Waals surface area contributed by atoms with E-state index < -0.39 is 0 Å². The Hall–Kier alpha value is -2.14. The Morgan fingerprint density at radius 3 is 2.62 bits per heavy atom. The predicted octanol–water partition coefficient (Wildman–Crippen LogP) is 2.14. The summed E-state index contributed by atoms with van der Waals surface area (Å²) in [7, 11) is 0. The van der Waals surface area contributed by atoms with Gasteiger partial charge in [-0.3, -0.25) is 14.9 Å². The molecule has 0 atom stereocenters. The molecule has 0 radical (unpaired) electrons. The first-order valence-electron chi connectivity index (χ1n) is 6.96. The van der Waals surface area contributed by atoms with Crippen molar-refractivity contribution in [2.24, 2.45) is 5.84 Å². The zero-order valence-corrected chi connectivity index (χ0v) is 13.0. The van der Waals surface area contributed by atoms with E-state index in [1.807, 2.05) is 25.1 Å². The minimum atomic E-state index is -0.328. The van der Waals surface area contributed by atoms with Gasteiger partial charge >= 0.3 is 0 Å². The topological polar surface area (TPSA) is 72.9 Å². The first-order valence-corrected chi connectivity index (χ1v) is 6.96. The van der Waals surface area contributed by atoms with Crippen molar-refractivity contribution in [2.75, 3.05) is 0 Å². The fourth-order valence-electron chi connectivity index (χ4n) is 2.14. The number of aromatic nitrogens is 2. The Balaban J connectivity index is 2.41. The van der Waals surface area contributed by atoms with Crippen molar-refractivity contribution in [1.29, 1.82) is 0 Å². The first kappa shape index (κ1) is 15.3. The van der Waals surface area contributed by atoms with E-state index in [-0.39, 0.29) is 11.3 Å². The maximum Gasteiger partial charge on any atom is 0.283 e. The lowest BCUT2D eigenvalue weighted by Gasteiger charge is -2.14. The molecule has 3 N–H and O–H groups in total. The van der Waals surface area contributed by atoms with Crippen LogP contribution in [0.25, 0.3) is 0 Å². The van der Waals surface area contributed by atoms with Gasteiger partial charge in [-0.2, -0.15) is 5.10 Å². The largest absolute Gasteiger partial charge is 0.289 e. The van der Waals surface area contributed by atoms with Crippen LogP contribution in [0.1, 0.15) is 48.1 Å². The van der Waals surface area contributed by atoms with Crippen molar-refractivity contribution in [2.45, 2.75) is 39.7 Å². The summed E-state index contributed by atoms with van der Waals surface area (Å²) >= 11 is 0. The number of hydrogen-bond donors (Lipinski definition) is 2. The van der Waals surface area contributed by atoms with Gasteiger partial charge in [-0.05, 0) is 18.6 Å². The van der Waals surface area contributed by atoms with Gasteiger partial charge in [0.05, 0.1) is 12.2 Å². The van der Waals surface area contributed by atoms with Gasteiger partial charge in [-0.15, -0.1) is 0 Å². The summed E-state index contributed by atoms with van der Waals surface area (Å²) in [5, 5.41) is 4.58. The molecule has 0 unspecified atom stereocenters. The molecule has 2 rings (SSSR count). The zero-order chi connectivity index (χ0) is 15.6. The molecule has 1 heterocycles. The lowest BCUT2D eigenvalue weighted by molar-refractivity contribution is 0.0943. The van der Waals surface area contributed by atoms with Crippen molar-refractivity contribution in [3.63, 3.8) is 0 Å². The first-order chi connectivity index (χ1) is 9.81. The fourth-order valence-corrected chi connectivity index (χ4v) is 2.14. The summed E-state index contributed by atoms with van der Waals surface area (Å²) in [5.74, 6) is 4.94. The molecule has 21 heavy (non-hydrogen) atoms. The highest BCUT2D eigenvalue weighted by molar-refractivity contribution is 5.92. The number of benzene rings is 1. The Morgan fingerprint density at radius 2 is 2.05 bits per heavy atom. The van der Waals surface area contributed by atoms with Crippen molar-refractivity contribution >= 4 is 5.91 Å². The van der Waals surface area contributed by atoms with Gasteiger partial charge in [0.25, 0.3) is 5.91 Å². The third-order valence-corrected chi connectivity index (χ3v) is 3.33. The van der Waals surface area contributed by atoms with E-state index in [0.717, 1.165) is 11.3 Å². The summed E-state index contributed by atoms with van der Waals surface area (Å²) < 4.78 is 1.71. The monoisotopic (exact) mass is 286 g/mol. The number of carbonyl (C=O) groups is 1. The van der Waals surface area contributed by atoms with Gasteiger partial charge in [0.15, 0.2) is 0 Å². The molecule has 5 heteroatoms. The second kappa shape index (κ2) is 5.69. The summed E-state index contributed by atoms with van der Waals surface area (Å²) in [6.45, 7) is 8.78. The Bertz CT molecular complexity index is 653. The number of carbonyl (C=O) groups excluding carboxylic acids is 1. The Morgan fingerprint density at radius 1 is 1.33 bits per heavy atom. The molecule has 0 aliphatic heterocycles. The highest BCUT2D eigenvalue weighted by atomic mass is 16.2. The highest BCUT2D eigenvalue weighted by Crippen LogP contribution is 2.22. The van der Waals surface area contributed by atoms with E-state index in [4.69, 9.17) is 5.84 Å². The lowest BCUT2D eigenvalue weighted by atomic mass is 9.92. The standard InChI is InChI=1S/C16H22N4O/c1-11-6-5-7-12(8-11)10-20-13(15(21)18-17)9-14(19-20)16(2,3)4/h5-9H,10,17H2,1-4H3,(H,18,21). The zero-order valence-electron chi connectivity index (χ0n) is 13.0. The number of amides is 1. The number of nitrogens with two attached hydrogens (primary N) is 1. The molecule has 0 aliphatic rings. The third-order valence-electron chi connectivity index (χ3n) is 3.33. The minimum absolute atomic E-state index is 0.124. The maximum absolute atomic E-state index is 11.9. The molecule has 0 fully saturated rings. The van der Waals surface area contributed by atoms with Crippen LogP contribution in [0.2, 0.25) is 0 Å². The van der Waals surface area contributed by atoms with Crippen molar-refractivity contribution in [1.82, 2.24) is 15.2 Å². The predicted molar refractivity (Wildman–Crippen MR) is 82.9 cm³/mol. The van der Waals surface area contributed by atoms with Crippen LogP contribution < -0.4 is 11.3 Å². The highest BCUT2D eigenvalue weighted by Gasteiger charge is 2.22. The molecule has 1 aromatic carbocycles. The number of hydrazine groups is 1. The van der Waals surface area contributed by atoms with Crippen LogP contribution in [-0.4, -0.2) is 15.7 Å². The number of nitrogens with one attached hydrogen (secondary N) is 1. The van der Waals surface area contributed by atoms with Crippen molar-refractivity contribution < 1.29 is 4.79 Å². The molecule has 1 aromatic heterocycles. The molecular formula is C16H22N4O. The van der Waals surface area contributed by atoms with Crippen LogP contribution in [0.5, 0.6) is 0 Å². The normalized spacial score (nSPS) is 11.5. The van der Waals surface area contributed by atoms with Gasteiger partial charge in [0.1, 0.15) is 5.69 Å². The van der Waals surface area contributed by atoms with Crippen LogP contribution >= 0.6 is 0 Å². The van der Waals surface area contributed by atoms with Crippen LogP contribution in [0.4, 0.5) is 0 Å². The fraction of sp³-hybridized carbons (Fsp3) is 0.375. The summed E-state index contributed by atoms with van der Waals surface area (Å²) in [6, 6.07) is 9.96. The van der Waals surface area contributed by atoms with Crippen LogP contribution in [0, 0.1) is 6.92 Å². The van der Waals surface area contributed by atoms with E-state index in [1.54, 1.807) is 10.7 Å². The van der Waals surface area contributed by atoms with Crippen molar-refractivity contribution in [3.05, 3.63) is 52.8 Å². The molecule has 0 spiro atoms. The average molecular weight is 286 g/mol. The molecular weight excluding hydrogens is 264 g/mol. The Kier molecular flexibility index (Phi) is 4.14. The summed E-state index contributed by atoms with van der Waals surface area (Å²) in [5.41, 5.74) is 5.69. The third kappa shape index (κ3) is 3.49. The van der Waals surface area contributed by atoms with E-state index in [0.29, 0.717) is 12.2 Å². The van der Waals surface area contributed by atoms with Gasteiger partial charge < -0.3 is 0 Å². The van der Waals surface area contributed by atoms with Gasteiger partial charge in [-0.1, -0.05) is 50.6 Å². The number of hydrogen-bond acceptors (Lipinski definition) is 3. The maximum atomic E-state index is 11.9. The molecule has 0 aliphatic carbocycles. The lowest BCUT2D eigenvalue weighted by Crippen LogP contribution is -2.32. The van der Waals surface area contributed by atoms with Crippen LogP contribution in [-0.2, 0) is 12.0 Å². The molecule has 0 saturated heterocycles. The average Bonchev–Trinajstić information content (AvgIpc) is 2.82. The van der Waals surface area contributed by atoms with Crippen LogP contribution in [0.3, 0.4) is 0 Å². The van der Waals surface area contributed by atoms with Crippen molar-refractivity contribution in [3.8, 4) is 0 Å². The summed E-state index contributed by atoms with van der Waals surface area (Å²) in [4.78, 5) is 11.9. The van der Waals surface area contributed by atoms with Gasteiger partial charge in [0, 0.05) is 5.41 Å². The smallest absolute Gasteiger partial charge is 0.283 e. The van der Waals surface area contributed by atoms with Crippen LogP contribution in [0.15, 0.2) is 30.3 Å². The van der Waals surface area contributed by atoms with Gasteiger partial charge in [0.2, 0.25) is 0 Å². The molecule has 0 saturated carbocycles. The second-order valence-corrected chi connectivity index (χ2v) is 6.28. The van der Waals surface area contributed by atoms with Gasteiger partial charge in [-0.25, -0.2) is 5.84 Å². The molecule has 0 bridgehead atoms. The Labute approximate surface area is 125 Å². The number of rotatable bonds is 3. The molecule has 2 aromatic rings. The minimum Gasteiger partial charge on any atom is -0.289 e. The molecule has 1 amide bonds. The van der Waals surface area contributed by atoms with E-state index in [2.05, 4.69) is 37.4 Å². The SMILES string of the molecule is Cc1cccc(Cn2nc(C(C)(C)C)cc2C(=O)NN)c1. The number of nitrogen functional groups attached to an aromatic ring is 1. The molecule has 5 nitrogen and oxygen atoms in total. The quantitative estimate of drug-likeness (QED) is 0.516. The second-order valence-electron chi connectivity index (χ2n) is 6.28. The van der Waals surface area contributed by atoms with E-state index >= 15 is 0 Å².